The van der Waals surface area contributed by atoms with Crippen molar-refractivity contribution >= 4 is 17.5 Å². The van der Waals surface area contributed by atoms with E-state index in [1.54, 1.807) is 6.92 Å². The van der Waals surface area contributed by atoms with Gasteiger partial charge in [-0.3, -0.25) is 4.79 Å². The fourth-order valence-corrected chi connectivity index (χ4v) is 1.32. The number of benzene rings is 1. The average Bonchev–Trinajstić information content (AvgIpc) is 2.17. The summed E-state index contributed by atoms with van der Waals surface area (Å²) in [5.41, 5.74) is -0.0748. The molecule has 0 saturated heterocycles. The third kappa shape index (κ3) is 3.21. The van der Waals surface area contributed by atoms with Gasteiger partial charge >= 0.3 is 0 Å². The molecule has 0 spiro atoms. The Balaban J connectivity index is 2.78. The van der Waals surface area contributed by atoms with Crippen molar-refractivity contribution in [1.82, 2.24) is 5.32 Å². The number of hydrogen-bond donors (Lipinski definition) is 1. The number of rotatable bonds is 3. The van der Waals surface area contributed by atoms with Gasteiger partial charge in [-0.05, 0) is 25.1 Å². The van der Waals surface area contributed by atoms with Crippen molar-refractivity contribution in [3.05, 3.63) is 34.6 Å². The third-order valence-electron chi connectivity index (χ3n) is 1.95. The van der Waals surface area contributed by atoms with E-state index in [4.69, 9.17) is 16.9 Å². The minimum atomic E-state index is -0.672. The molecule has 1 atom stereocenters. The van der Waals surface area contributed by atoms with Crippen LogP contribution in [0.3, 0.4) is 0 Å². The monoisotopic (exact) mass is 240 g/mol. The number of nitriles is 1. The van der Waals surface area contributed by atoms with E-state index >= 15 is 0 Å². The maximum absolute atomic E-state index is 13.3. The first kappa shape index (κ1) is 12.5. The lowest BCUT2D eigenvalue weighted by Crippen LogP contribution is -2.32. The summed E-state index contributed by atoms with van der Waals surface area (Å²) in [5, 5.41) is 11.2. The highest BCUT2D eigenvalue weighted by Crippen LogP contribution is 2.14. The molecule has 1 aromatic carbocycles. The van der Waals surface area contributed by atoms with E-state index in [0.29, 0.717) is 0 Å². The summed E-state index contributed by atoms with van der Waals surface area (Å²) in [6, 6.07) is 5.43. The first-order valence-electron chi connectivity index (χ1n) is 4.67. The lowest BCUT2D eigenvalue weighted by molar-refractivity contribution is 0.0937. The van der Waals surface area contributed by atoms with Crippen molar-refractivity contribution < 1.29 is 9.18 Å². The normalized spacial score (nSPS) is 11.6. The fourth-order valence-electron chi connectivity index (χ4n) is 1.16. The number of amides is 1. The molecule has 0 aliphatic heterocycles. The summed E-state index contributed by atoms with van der Waals surface area (Å²) in [5.74, 6) is -1.22. The molecule has 0 aliphatic carbocycles. The van der Waals surface area contributed by atoms with Crippen LogP contribution in [-0.4, -0.2) is 11.9 Å². The van der Waals surface area contributed by atoms with Gasteiger partial charge in [-0.2, -0.15) is 5.26 Å². The molecule has 0 bridgehead atoms. The molecule has 0 aliphatic rings. The molecule has 1 rings (SSSR count). The van der Waals surface area contributed by atoms with E-state index in [9.17, 15) is 9.18 Å². The zero-order chi connectivity index (χ0) is 12.1. The first-order chi connectivity index (χ1) is 7.54. The van der Waals surface area contributed by atoms with Gasteiger partial charge < -0.3 is 5.32 Å². The van der Waals surface area contributed by atoms with Gasteiger partial charge in [0.25, 0.3) is 5.91 Å². The molecule has 16 heavy (non-hydrogen) atoms. The number of halogens is 2. The van der Waals surface area contributed by atoms with Crippen LogP contribution in [0.15, 0.2) is 18.2 Å². The average molecular weight is 241 g/mol. The van der Waals surface area contributed by atoms with Gasteiger partial charge in [0.15, 0.2) is 0 Å². The zero-order valence-electron chi connectivity index (χ0n) is 8.63. The van der Waals surface area contributed by atoms with Gasteiger partial charge in [0, 0.05) is 11.1 Å². The molecule has 1 amide bonds. The van der Waals surface area contributed by atoms with E-state index in [0.717, 1.165) is 6.07 Å². The standard InChI is InChI=1S/C11H10ClFN2O/c1-7(4-5-14)15-11(16)9-3-2-8(12)6-10(9)13/h2-3,6-7H,4H2,1H3,(H,15,16). The molecule has 1 aromatic rings. The first-order valence-corrected chi connectivity index (χ1v) is 5.05. The Kier molecular flexibility index (Phi) is 4.27. The van der Waals surface area contributed by atoms with Crippen LogP contribution >= 0.6 is 11.6 Å². The Morgan fingerprint density at radius 1 is 1.69 bits per heavy atom. The minimum Gasteiger partial charge on any atom is -0.348 e. The molecular weight excluding hydrogens is 231 g/mol. The van der Waals surface area contributed by atoms with Crippen molar-refractivity contribution in [2.24, 2.45) is 0 Å². The molecule has 0 aromatic heterocycles. The highest BCUT2D eigenvalue weighted by molar-refractivity contribution is 6.30. The number of carbonyl (C=O) groups excluding carboxylic acids is 1. The van der Waals surface area contributed by atoms with E-state index in [-0.39, 0.29) is 23.0 Å². The van der Waals surface area contributed by atoms with Crippen LogP contribution in [0.25, 0.3) is 0 Å². The Morgan fingerprint density at radius 2 is 2.38 bits per heavy atom. The summed E-state index contributed by atoms with van der Waals surface area (Å²) in [6.45, 7) is 1.68. The maximum Gasteiger partial charge on any atom is 0.254 e. The van der Waals surface area contributed by atoms with Gasteiger partial charge in [-0.15, -0.1) is 0 Å². The van der Waals surface area contributed by atoms with E-state index in [1.807, 2.05) is 6.07 Å². The number of nitrogens with one attached hydrogen (secondary N) is 1. The second kappa shape index (κ2) is 5.47. The smallest absolute Gasteiger partial charge is 0.254 e. The lowest BCUT2D eigenvalue weighted by atomic mass is 10.1. The quantitative estimate of drug-likeness (QED) is 0.883. The second-order valence-corrected chi connectivity index (χ2v) is 3.80. The van der Waals surface area contributed by atoms with E-state index in [1.165, 1.54) is 12.1 Å². The number of nitrogens with zero attached hydrogens (tertiary/aromatic N) is 1. The molecule has 84 valence electrons. The predicted molar refractivity (Wildman–Crippen MR) is 58.6 cm³/mol. The summed E-state index contributed by atoms with van der Waals surface area (Å²) in [6.07, 6.45) is 0.181. The van der Waals surface area contributed by atoms with Crippen LogP contribution in [0, 0.1) is 17.1 Å². The summed E-state index contributed by atoms with van der Waals surface area (Å²) in [4.78, 5) is 11.6. The van der Waals surface area contributed by atoms with Crippen LogP contribution in [0.4, 0.5) is 4.39 Å². The third-order valence-corrected chi connectivity index (χ3v) is 2.19. The molecule has 0 saturated carbocycles. The number of carbonyl (C=O) groups is 1. The highest BCUT2D eigenvalue weighted by Gasteiger charge is 2.13. The van der Waals surface area contributed by atoms with Gasteiger partial charge in [0.05, 0.1) is 18.1 Å². The van der Waals surface area contributed by atoms with Crippen molar-refractivity contribution in [2.75, 3.05) is 0 Å². The summed E-state index contributed by atoms with van der Waals surface area (Å²) < 4.78 is 13.3. The zero-order valence-corrected chi connectivity index (χ0v) is 9.38. The molecule has 5 heteroatoms. The van der Waals surface area contributed by atoms with E-state index < -0.39 is 11.7 Å². The minimum absolute atomic E-state index is 0.0748. The summed E-state index contributed by atoms with van der Waals surface area (Å²) >= 11 is 5.56. The maximum atomic E-state index is 13.3. The molecule has 0 radical (unpaired) electrons. The molecule has 0 heterocycles. The number of hydrogen-bond acceptors (Lipinski definition) is 2. The molecular formula is C11H10ClFN2O. The molecule has 3 nitrogen and oxygen atoms in total. The van der Waals surface area contributed by atoms with Crippen molar-refractivity contribution in [2.45, 2.75) is 19.4 Å². The second-order valence-electron chi connectivity index (χ2n) is 3.36. The molecule has 0 fully saturated rings. The van der Waals surface area contributed by atoms with Crippen LogP contribution in [0.1, 0.15) is 23.7 Å². The Morgan fingerprint density at radius 3 is 2.94 bits per heavy atom. The van der Waals surface area contributed by atoms with Gasteiger partial charge in [-0.1, -0.05) is 11.6 Å². The topological polar surface area (TPSA) is 52.9 Å². The van der Waals surface area contributed by atoms with Gasteiger partial charge in [0.2, 0.25) is 0 Å². The largest absolute Gasteiger partial charge is 0.348 e. The van der Waals surface area contributed by atoms with Gasteiger partial charge in [-0.25, -0.2) is 4.39 Å². The van der Waals surface area contributed by atoms with E-state index in [2.05, 4.69) is 5.32 Å². The highest BCUT2D eigenvalue weighted by atomic mass is 35.5. The van der Waals surface area contributed by atoms with Crippen LogP contribution in [0.5, 0.6) is 0 Å². The molecule has 1 N–H and O–H groups in total. The van der Waals surface area contributed by atoms with Crippen molar-refractivity contribution in [3.8, 4) is 6.07 Å². The Bertz CT molecular complexity index is 442. The van der Waals surface area contributed by atoms with Crippen LogP contribution < -0.4 is 5.32 Å². The Hall–Kier alpha value is -1.60. The fraction of sp³-hybridized carbons (Fsp3) is 0.273. The SMILES string of the molecule is CC(CC#N)NC(=O)c1ccc(Cl)cc1F. The van der Waals surface area contributed by atoms with Crippen molar-refractivity contribution in [3.63, 3.8) is 0 Å². The molecule has 1 unspecified atom stereocenters. The summed E-state index contributed by atoms with van der Waals surface area (Å²) in [7, 11) is 0. The van der Waals surface area contributed by atoms with Crippen LogP contribution in [-0.2, 0) is 0 Å². The van der Waals surface area contributed by atoms with Crippen LogP contribution in [0.2, 0.25) is 5.02 Å². The lowest BCUT2D eigenvalue weighted by Gasteiger charge is -2.10. The predicted octanol–water partition coefficient (Wildman–Crippen LogP) is 2.51. The Labute approximate surface area is 97.8 Å². The van der Waals surface area contributed by atoms with Crippen molar-refractivity contribution in [1.29, 1.82) is 5.26 Å². The van der Waals surface area contributed by atoms with Gasteiger partial charge in [0.1, 0.15) is 5.82 Å².